The number of nitrogens with zero attached hydrogens (tertiary/aromatic N) is 1. The van der Waals surface area contributed by atoms with Crippen LogP contribution < -0.4 is 10.0 Å². The van der Waals surface area contributed by atoms with Crippen LogP contribution in [0.4, 0.5) is 0 Å². The highest BCUT2D eigenvalue weighted by atomic mass is 32.2. The summed E-state index contributed by atoms with van der Waals surface area (Å²) in [5.74, 6) is -0.121. The number of carbonyl (C=O) groups is 1. The molecular weight excluding hydrogens is 426 g/mol. The first-order valence-electron chi connectivity index (χ1n) is 11.6. The summed E-state index contributed by atoms with van der Waals surface area (Å²) in [6, 6.07) is 12.7. The van der Waals surface area contributed by atoms with Crippen molar-refractivity contribution in [1.29, 1.82) is 0 Å². The number of hydrogen-bond acceptors (Lipinski definition) is 5. The zero-order chi connectivity index (χ0) is 22.4. The molecule has 1 aliphatic heterocycles. The van der Waals surface area contributed by atoms with E-state index >= 15 is 0 Å². The first kappa shape index (κ1) is 23.2. The average molecular weight is 460 g/mol. The molecule has 2 aliphatic rings. The van der Waals surface area contributed by atoms with Gasteiger partial charge in [0, 0.05) is 38.1 Å². The molecule has 0 atom stereocenters. The Morgan fingerprint density at radius 3 is 2.47 bits per heavy atom. The molecule has 0 bridgehead atoms. The average Bonchev–Trinajstić information content (AvgIpc) is 2.83. The molecule has 1 saturated heterocycles. The van der Waals surface area contributed by atoms with Crippen LogP contribution in [0, 0.1) is 0 Å². The van der Waals surface area contributed by atoms with E-state index in [-0.39, 0.29) is 29.3 Å². The molecule has 0 unspecified atom stereocenters. The summed E-state index contributed by atoms with van der Waals surface area (Å²) >= 11 is 0. The molecule has 2 N–H and O–H groups in total. The van der Waals surface area contributed by atoms with E-state index in [2.05, 4.69) is 14.9 Å². The van der Waals surface area contributed by atoms with Crippen molar-refractivity contribution in [3.63, 3.8) is 0 Å². The smallest absolute Gasteiger partial charge is 0.240 e. The van der Waals surface area contributed by atoms with E-state index in [1.54, 1.807) is 18.2 Å². The minimum atomic E-state index is -3.66. The van der Waals surface area contributed by atoms with Crippen molar-refractivity contribution in [1.82, 2.24) is 14.9 Å². The molecule has 1 heterocycles. The van der Waals surface area contributed by atoms with Gasteiger partial charge in [-0.3, -0.25) is 9.69 Å². The van der Waals surface area contributed by atoms with Crippen LogP contribution in [0.5, 0.6) is 0 Å². The Hall–Kier alpha value is -2.00. The second kappa shape index (κ2) is 10.3. The number of fused-ring (bicyclic) bond motifs is 1. The van der Waals surface area contributed by atoms with Gasteiger partial charge in [0.15, 0.2) is 0 Å². The van der Waals surface area contributed by atoms with Gasteiger partial charge in [-0.1, -0.05) is 49.6 Å². The van der Waals surface area contributed by atoms with Crippen LogP contribution in [-0.2, 0) is 19.6 Å². The molecule has 1 saturated carbocycles. The second-order valence-electron chi connectivity index (χ2n) is 8.82. The Balaban J connectivity index is 1.30. The second-order valence-corrected chi connectivity index (χ2v) is 10.6. The zero-order valence-electron chi connectivity index (χ0n) is 18.5. The summed E-state index contributed by atoms with van der Waals surface area (Å²) in [6.45, 7) is 3.98. The van der Waals surface area contributed by atoms with Gasteiger partial charge < -0.3 is 10.1 Å². The van der Waals surface area contributed by atoms with Crippen molar-refractivity contribution in [2.24, 2.45) is 0 Å². The van der Waals surface area contributed by atoms with Crippen molar-refractivity contribution in [2.75, 3.05) is 39.4 Å². The van der Waals surface area contributed by atoms with Gasteiger partial charge in [-0.05, 0) is 35.7 Å². The molecule has 7 nitrogen and oxygen atoms in total. The number of hydrogen-bond donors (Lipinski definition) is 2. The quantitative estimate of drug-likeness (QED) is 0.634. The van der Waals surface area contributed by atoms with Gasteiger partial charge in [-0.2, -0.15) is 0 Å². The molecule has 2 aromatic carbocycles. The molecular formula is C24H33N3O4S. The summed E-state index contributed by atoms with van der Waals surface area (Å²) in [7, 11) is -3.66. The number of morpholine rings is 1. The molecule has 0 aromatic heterocycles. The standard InChI is InChI=1S/C24H33N3O4S/c28-23(25-19-24(11-4-1-5-12-24)27-14-16-31-17-15-27)10-13-26-32(29,30)22-9-8-20-6-2-3-7-21(20)18-22/h2-3,6-9,18,26H,1,4-5,10-17,19H2,(H,25,28). The minimum absolute atomic E-state index is 0.00227. The number of rotatable bonds is 8. The highest BCUT2D eigenvalue weighted by Gasteiger charge is 2.38. The van der Waals surface area contributed by atoms with Crippen molar-refractivity contribution in [3.8, 4) is 0 Å². The maximum absolute atomic E-state index is 12.7. The van der Waals surface area contributed by atoms with E-state index in [9.17, 15) is 13.2 Å². The van der Waals surface area contributed by atoms with E-state index in [4.69, 9.17) is 4.74 Å². The van der Waals surface area contributed by atoms with Crippen LogP contribution >= 0.6 is 0 Å². The maximum atomic E-state index is 12.7. The fraction of sp³-hybridized carbons (Fsp3) is 0.542. The third kappa shape index (κ3) is 5.49. The third-order valence-electron chi connectivity index (χ3n) is 6.76. The van der Waals surface area contributed by atoms with Crippen LogP contribution in [0.15, 0.2) is 47.4 Å². The molecule has 4 rings (SSSR count). The summed E-state index contributed by atoms with van der Waals surface area (Å²) < 4.78 is 33.4. The van der Waals surface area contributed by atoms with Crippen LogP contribution in [0.2, 0.25) is 0 Å². The number of carbonyl (C=O) groups excluding carboxylic acids is 1. The van der Waals surface area contributed by atoms with Gasteiger partial charge in [-0.25, -0.2) is 13.1 Å². The predicted molar refractivity (Wildman–Crippen MR) is 125 cm³/mol. The number of nitrogens with one attached hydrogen (secondary N) is 2. The first-order valence-corrected chi connectivity index (χ1v) is 13.0. The molecule has 1 amide bonds. The van der Waals surface area contributed by atoms with Gasteiger partial charge in [0.1, 0.15) is 0 Å². The Bertz CT molecular complexity index is 1030. The Labute approximate surface area is 190 Å². The number of amides is 1. The minimum Gasteiger partial charge on any atom is -0.379 e. The summed E-state index contributed by atoms with van der Waals surface area (Å²) in [5.41, 5.74) is 0.00227. The molecule has 1 aliphatic carbocycles. The molecule has 8 heteroatoms. The summed E-state index contributed by atoms with van der Waals surface area (Å²) in [6.07, 6.45) is 5.89. The van der Waals surface area contributed by atoms with E-state index in [1.165, 1.54) is 19.3 Å². The van der Waals surface area contributed by atoms with E-state index < -0.39 is 10.0 Å². The number of sulfonamides is 1. The topological polar surface area (TPSA) is 87.7 Å². The third-order valence-corrected chi connectivity index (χ3v) is 8.21. The van der Waals surface area contributed by atoms with Gasteiger partial charge >= 0.3 is 0 Å². The lowest BCUT2D eigenvalue weighted by atomic mass is 9.79. The summed E-state index contributed by atoms with van der Waals surface area (Å²) in [5, 5.41) is 4.94. The number of ether oxygens (including phenoxy) is 1. The highest BCUT2D eigenvalue weighted by molar-refractivity contribution is 7.89. The van der Waals surface area contributed by atoms with E-state index in [0.717, 1.165) is 49.9 Å². The largest absolute Gasteiger partial charge is 0.379 e. The van der Waals surface area contributed by atoms with E-state index in [0.29, 0.717) is 6.54 Å². The monoisotopic (exact) mass is 459 g/mol. The van der Waals surface area contributed by atoms with Gasteiger partial charge in [0.2, 0.25) is 15.9 Å². The van der Waals surface area contributed by atoms with Crippen LogP contribution in [0.25, 0.3) is 10.8 Å². The predicted octanol–water partition coefficient (Wildman–Crippen LogP) is 2.66. The molecule has 32 heavy (non-hydrogen) atoms. The lowest BCUT2D eigenvalue weighted by Crippen LogP contribution is -2.59. The first-order chi connectivity index (χ1) is 15.5. The van der Waals surface area contributed by atoms with Crippen LogP contribution in [0.3, 0.4) is 0 Å². The Morgan fingerprint density at radius 1 is 1.00 bits per heavy atom. The Morgan fingerprint density at radius 2 is 1.72 bits per heavy atom. The maximum Gasteiger partial charge on any atom is 0.240 e. The van der Waals surface area contributed by atoms with E-state index in [1.807, 2.05) is 24.3 Å². The van der Waals surface area contributed by atoms with Crippen molar-refractivity contribution in [3.05, 3.63) is 42.5 Å². The molecule has 0 spiro atoms. The lowest BCUT2D eigenvalue weighted by molar-refractivity contribution is -0.122. The van der Waals surface area contributed by atoms with Crippen molar-refractivity contribution in [2.45, 2.75) is 49.0 Å². The molecule has 2 aromatic rings. The highest BCUT2D eigenvalue weighted by Crippen LogP contribution is 2.33. The fourth-order valence-corrected chi connectivity index (χ4v) is 5.99. The van der Waals surface area contributed by atoms with Gasteiger partial charge in [-0.15, -0.1) is 0 Å². The lowest BCUT2D eigenvalue weighted by Gasteiger charge is -2.48. The SMILES string of the molecule is O=C(CCNS(=O)(=O)c1ccc2ccccc2c1)NCC1(N2CCOCC2)CCCCC1. The van der Waals surface area contributed by atoms with Crippen LogP contribution in [-0.4, -0.2) is 64.2 Å². The van der Waals surface area contributed by atoms with Gasteiger partial charge in [0.25, 0.3) is 0 Å². The number of benzene rings is 2. The fourth-order valence-electron chi connectivity index (χ4n) is 4.92. The van der Waals surface area contributed by atoms with Crippen molar-refractivity contribution >= 4 is 26.7 Å². The normalized spacial score (nSPS) is 19.6. The van der Waals surface area contributed by atoms with Crippen LogP contribution in [0.1, 0.15) is 38.5 Å². The zero-order valence-corrected chi connectivity index (χ0v) is 19.3. The van der Waals surface area contributed by atoms with Crippen molar-refractivity contribution < 1.29 is 17.9 Å². The molecule has 174 valence electrons. The van der Waals surface area contributed by atoms with Gasteiger partial charge in [0.05, 0.1) is 18.1 Å². The Kier molecular flexibility index (Phi) is 7.45. The molecule has 2 fully saturated rings. The summed E-state index contributed by atoms with van der Waals surface area (Å²) in [4.78, 5) is 15.2. The molecule has 0 radical (unpaired) electrons.